The second-order valence-corrected chi connectivity index (χ2v) is 6.69. The van der Waals surface area contributed by atoms with Crippen molar-refractivity contribution in [2.24, 2.45) is 5.92 Å². The first-order chi connectivity index (χ1) is 9.74. The first kappa shape index (κ1) is 13.8. The van der Waals surface area contributed by atoms with E-state index in [1.165, 1.54) is 0 Å². The minimum Gasteiger partial charge on any atom is -0.391 e. The van der Waals surface area contributed by atoms with Gasteiger partial charge >= 0.3 is 6.03 Å². The van der Waals surface area contributed by atoms with Gasteiger partial charge < -0.3 is 15.7 Å². The molecule has 2 aliphatic carbocycles. The summed E-state index contributed by atoms with van der Waals surface area (Å²) in [5.74, 6) is 0.517. The predicted octanol–water partition coefficient (Wildman–Crippen LogP) is 2.20. The van der Waals surface area contributed by atoms with Crippen molar-refractivity contribution >= 4 is 17.4 Å². The standard InChI is InChI=1S/C14H21N3O2S/c18-11-4-2-1-3-10(11)16-14(19)17-12(9-5-6-9)13-15-7-8-20-13/h7-12,18H,1-6H2,(H2,16,17,19). The fraction of sp³-hybridized carbons (Fsp3) is 0.714. The van der Waals surface area contributed by atoms with E-state index in [1.807, 2.05) is 5.38 Å². The van der Waals surface area contributed by atoms with E-state index in [-0.39, 0.29) is 18.1 Å². The van der Waals surface area contributed by atoms with E-state index in [0.29, 0.717) is 5.92 Å². The lowest BCUT2D eigenvalue weighted by molar-refractivity contribution is 0.0939. The Bertz CT molecular complexity index is 447. The van der Waals surface area contributed by atoms with E-state index in [2.05, 4.69) is 15.6 Å². The summed E-state index contributed by atoms with van der Waals surface area (Å²) in [6.45, 7) is 0. The maximum atomic E-state index is 12.1. The first-order valence-electron chi connectivity index (χ1n) is 7.38. The summed E-state index contributed by atoms with van der Waals surface area (Å²) in [6.07, 6.45) is 7.43. The monoisotopic (exact) mass is 295 g/mol. The van der Waals surface area contributed by atoms with Crippen LogP contribution in [0.1, 0.15) is 49.6 Å². The third-order valence-corrected chi connectivity index (χ3v) is 5.00. The van der Waals surface area contributed by atoms with Crippen LogP contribution in [0.25, 0.3) is 0 Å². The fourth-order valence-corrected chi connectivity index (χ4v) is 3.61. The zero-order valence-corrected chi connectivity index (χ0v) is 12.2. The number of aromatic nitrogens is 1. The molecule has 1 heterocycles. The number of carbonyl (C=O) groups is 1. The molecule has 0 saturated heterocycles. The van der Waals surface area contributed by atoms with Crippen molar-refractivity contribution in [3.05, 3.63) is 16.6 Å². The topological polar surface area (TPSA) is 74.2 Å². The van der Waals surface area contributed by atoms with E-state index in [0.717, 1.165) is 43.5 Å². The van der Waals surface area contributed by atoms with E-state index in [1.54, 1.807) is 17.5 Å². The van der Waals surface area contributed by atoms with Gasteiger partial charge in [-0.1, -0.05) is 12.8 Å². The van der Waals surface area contributed by atoms with Crippen LogP contribution in [0.2, 0.25) is 0 Å². The summed E-state index contributed by atoms with van der Waals surface area (Å²) in [7, 11) is 0. The minimum absolute atomic E-state index is 0.0238. The van der Waals surface area contributed by atoms with E-state index < -0.39 is 6.10 Å². The Morgan fingerprint density at radius 3 is 2.80 bits per heavy atom. The Labute approximate surface area is 122 Å². The number of rotatable bonds is 4. The zero-order chi connectivity index (χ0) is 13.9. The average molecular weight is 295 g/mol. The number of carbonyl (C=O) groups excluding carboxylic acids is 1. The van der Waals surface area contributed by atoms with Gasteiger partial charge in [0, 0.05) is 11.6 Å². The first-order valence-corrected chi connectivity index (χ1v) is 8.26. The third kappa shape index (κ3) is 3.30. The summed E-state index contributed by atoms with van der Waals surface area (Å²) < 4.78 is 0. The number of aliphatic hydroxyl groups excluding tert-OH is 1. The highest BCUT2D eigenvalue weighted by Gasteiger charge is 2.35. The number of urea groups is 1. The second-order valence-electron chi connectivity index (χ2n) is 5.76. The molecule has 0 radical (unpaired) electrons. The zero-order valence-electron chi connectivity index (χ0n) is 11.4. The van der Waals surface area contributed by atoms with Crippen molar-refractivity contribution < 1.29 is 9.90 Å². The molecule has 6 heteroatoms. The van der Waals surface area contributed by atoms with Gasteiger partial charge in [-0.25, -0.2) is 9.78 Å². The van der Waals surface area contributed by atoms with Crippen molar-refractivity contribution in [1.29, 1.82) is 0 Å². The number of hydrogen-bond donors (Lipinski definition) is 3. The molecule has 20 heavy (non-hydrogen) atoms. The highest BCUT2D eigenvalue weighted by atomic mass is 32.1. The summed E-state index contributed by atoms with van der Waals surface area (Å²) in [5.41, 5.74) is 0. The Balaban J connectivity index is 1.56. The van der Waals surface area contributed by atoms with E-state index in [4.69, 9.17) is 0 Å². The van der Waals surface area contributed by atoms with Crippen molar-refractivity contribution in [3.8, 4) is 0 Å². The average Bonchev–Trinajstić information content (AvgIpc) is 3.13. The maximum Gasteiger partial charge on any atom is 0.315 e. The van der Waals surface area contributed by atoms with Gasteiger partial charge in [0.1, 0.15) is 5.01 Å². The molecule has 2 fully saturated rings. The van der Waals surface area contributed by atoms with Gasteiger partial charge in [-0.2, -0.15) is 0 Å². The molecule has 2 amide bonds. The van der Waals surface area contributed by atoms with Crippen LogP contribution >= 0.6 is 11.3 Å². The summed E-state index contributed by atoms with van der Waals surface area (Å²) in [5, 5.41) is 18.8. The van der Waals surface area contributed by atoms with Crippen LogP contribution in [0.15, 0.2) is 11.6 Å². The predicted molar refractivity (Wildman–Crippen MR) is 77.5 cm³/mol. The lowest BCUT2D eigenvalue weighted by Crippen LogP contribution is -2.49. The van der Waals surface area contributed by atoms with Crippen molar-refractivity contribution in [1.82, 2.24) is 15.6 Å². The summed E-state index contributed by atoms with van der Waals surface area (Å²) >= 11 is 1.58. The van der Waals surface area contributed by atoms with Gasteiger partial charge in [0.05, 0.1) is 18.2 Å². The van der Waals surface area contributed by atoms with Gasteiger partial charge in [-0.15, -0.1) is 11.3 Å². The SMILES string of the molecule is O=C(NC1CCCCC1O)NC(c1nccs1)C1CC1. The minimum atomic E-state index is -0.409. The van der Waals surface area contributed by atoms with Crippen LogP contribution in [-0.4, -0.2) is 28.3 Å². The molecule has 5 nitrogen and oxygen atoms in total. The molecular formula is C14H21N3O2S. The number of nitrogens with one attached hydrogen (secondary N) is 2. The highest BCUT2D eigenvalue weighted by molar-refractivity contribution is 7.09. The second kappa shape index (κ2) is 6.10. The van der Waals surface area contributed by atoms with E-state index >= 15 is 0 Å². The Morgan fingerprint density at radius 1 is 1.35 bits per heavy atom. The number of amides is 2. The van der Waals surface area contributed by atoms with Crippen LogP contribution in [0.4, 0.5) is 4.79 Å². The normalized spacial score (nSPS) is 27.9. The fourth-order valence-electron chi connectivity index (χ4n) is 2.83. The van der Waals surface area contributed by atoms with Gasteiger partial charge in [0.15, 0.2) is 0 Å². The van der Waals surface area contributed by atoms with Crippen LogP contribution in [0, 0.1) is 5.92 Å². The smallest absolute Gasteiger partial charge is 0.315 e. The third-order valence-electron chi connectivity index (χ3n) is 4.14. The highest BCUT2D eigenvalue weighted by Crippen LogP contribution is 2.41. The van der Waals surface area contributed by atoms with Crippen LogP contribution in [0.3, 0.4) is 0 Å². The quantitative estimate of drug-likeness (QED) is 0.797. The largest absolute Gasteiger partial charge is 0.391 e. The summed E-state index contributed by atoms with van der Waals surface area (Å²) in [6, 6.07) is -0.265. The number of aliphatic hydroxyl groups is 1. The molecule has 3 rings (SSSR count). The molecule has 110 valence electrons. The molecule has 3 atom stereocenters. The van der Waals surface area contributed by atoms with Crippen LogP contribution < -0.4 is 10.6 Å². The van der Waals surface area contributed by atoms with Crippen LogP contribution in [0.5, 0.6) is 0 Å². The maximum absolute atomic E-state index is 12.1. The number of hydrogen-bond acceptors (Lipinski definition) is 4. The number of thiazole rings is 1. The molecule has 2 aliphatic rings. The lowest BCUT2D eigenvalue weighted by atomic mass is 9.93. The van der Waals surface area contributed by atoms with Crippen molar-refractivity contribution in [3.63, 3.8) is 0 Å². The molecular weight excluding hydrogens is 274 g/mol. The molecule has 2 saturated carbocycles. The Kier molecular flexibility index (Phi) is 4.21. The molecule has 0 aliphatic heterocycles. The molecule has 0 aromatic carbocycles. The van der Waals surface area contributed by atoms with Gasteiger partial charge in [0.25, 0.3) is 0 Å². The van der Waals surface area contributed by atoms with E-state index in [9.17, 15) is 9.90 Å². The molecule has 0 spiro atoms. The molecule has 0 bridgehead atoms. The molecule has 1 aromatic heterocycles. The van der Waals surface area contributed by atoms with Crippen LogP contribution in [-0.2, 0) is 0 Å². The lowest BCUT2D eigenvalue weighted by Gasteiger charge is -2.29. The Hall–Kier alpha value is -1.14. The Morgan fingerprint density at radius 2 is 2.15 bits per heavy atom. The van der Waals surface area contributed by atoms with Crippen molar-refractivity contribution in [2.75, 3.05) is 0 Å². The molecule has 1 aromatic rings. The van der Waals surface area contributed by atoms with Crippen molar-refractivity contribution in [2.45, 2.75) is 56.7 Å². The molecule has 3 unspecified atom stereocenters. The van der Waals surface area contributed by atoms with Gasteiger partial charge in [-0.3, -0.25) is 0 Å². The molecule has 3 N–H and O–H groups in total. The van der Waals surface area contributed by atoms with Gasteiger partial charge in [0.2, 0.25) is 0 Å². The summed E-state index contributed by atoms with van der Waals surface area (Å²) in [4.78, 5) is 16.5. The van der Waals surface area contributed by atoms with Gasteiger partial charge in [-0.05, 0) is 31.6 Å². The number of nitrogens with zero attached hydrogens (tertiary/aromatic N) is 1.